The molecule has 0 radical (unpaired) electrons. The van der Waals surface area contributed by atoms with E-state index in [0.717, 1.165) is 11.4 Å². The number of hydrogen-bond acceptors (Lipinski definition) is 4. The number of pyridine rings is 1. The number of nitrogens with zero attached hydrogens (tertiary/aromatic N) is 2. The Morgan fingerprint density at radius 3 is 2.69 bits per heavy atom. The first-order chi connectivity index (χ1) is 6.45. The average Bonchev–Trinajstić information content (AvgIpc) is 2.69. The Kier molecular flexibility index (Phi) is 2.22. The third-order valence-corrected chi connectivity index (χ3v) is 1.64. The molecule has 0 aliphatic carbocycles. The zero-order chi connectivity index (χ0) is 8.93. The predicted octanol–water partition coefficient (Wildman–Crippen LogP) is 1.68. The molecule has 0 saturated heterocycles. The van der Waals surface area contributed by atoms with Crippen molar-refractivity contribution in [3.05, 3.63) is 42.5 Å². The second-order valence-corrected chi connectivity index (χ2v) is 2.57. The molecule has 2 aromatic heterocycles. The van der Waals surface area contributed by atoms with Crippen LogP contribution in [0.2, 0.25) is 0 Å². The molecule has 4 nitrogen and oxygen atoms in total. The van der Waals surface area contributed by atoms with Crippen molar-refractivity contribution in [2.75, 3.05) is 5.32 Å². The summed E-state index contributed by atoms with van der Waals surface area (Å²) in [6.45, 7) is 0.643. The summed E-state index contributed by atoms with van der Waals surface area (Å²) < 4.78 is 4.93. The van der Waals surface area contributed by atoms with Crippen LogP contribution >= 0.6 is 0 Å². The Morgan fingerprint density at radius 1 is 1.15 bits per heavy atom. The van der Waals surface area contributed by atoms with Gasteiger partial charge < -0.3 is 9.84 Å². The van der Waals surface area contributed by atoms with Gasteiger partial charge in [0.1, 0.15) is 0 Å². The monoisotopic (exact) mass is 175 g/mol. The molecule has 13 heavy (non-hydrogen) atoms. The summed E-state index contributed by atoms with van der Waals surface area (Å²) in [6, 6.07) is 5.63. The second kappa shape index (κ2) is 3.71. The van der Waals surface area contributed by atoms with Crippen molar-refractivity contribution in [1.29, 1.82) is 0 Å². The molecule has 0 fully saturated rings. The number of anilines is 1. The molecule has 0 bridgehead atoms. The number of nitrogens with one attached hydrogen (secondary N) is 1. The van der Waals surface area contributed by atoms with E-state index < -0.39 is 0 Å². The van der Waals surface area contributed by atoms with E-state index in [9.17, 15) is 0 Å². The molecule has 2 heterocycles. The van der Waals surface area contributed by atoms with Gasteiger partial charge in [-0.1, -0.05) is 5.16 Å². The summed E-state index contributed by atoms with van der Waals surface area (Å²) in [6.07, 6.45) is 5.11. The van der Waals surface area contributed by atoms with Gasteiger partial charge in [-0.25, -0.2) is 0 Å². The fourth-order valence-electron chi connectivity index (χ4n) is 0.992. The Hall–Kier alpha value is -1.84. The van der Waals surface area contributed by atoms with Crippen LogP contribution in [0.4, 0.5) is 5.69 Å². The maximum Gasteiger partial charge on any atom is 0.155 e. The zero-order valence-corrected chi connectivity index (χ0v) is 6.97. The van der Waals surface area contributed by atoms with Gasteiger partial charge >= 0.3 is 0 Å². The first-order valence-electron chi connectivity index (χ1n) is 3.98. The van der Waals surface area contributed by atoms with Crippen LogP contribution in [0, 0.1) is 0 Å². The first-order valence-corrected chi connectivity index (χ1v) is 3.98. The average molecular weight is 175 g/mol. The molecule has 0 atom stereocenters. The highest BCUT2D eigenvalue weighted by Gasteiger charge is 1.95. The van der Waals surface area contributed by atoms with Crippen LogP contribution < -0.4 is 5.32 Å². The summed E-state index contributed by atoms with van der Waals surface area (Å²) >= 11 is 0. The van der Waals surface area contributed by atoms with Crippen molar-refractivity contribution in [2.24, 2.45) is 0 Å². The maximum absolute atomic E-state index is 4.93. The van der Waals surface area contributed by atoms with Crippen LogP contribution in [-0.4, -0.2) is 10.1 Å². The maximum atomic E-state index is 4.93. The standard InChI is InChI=1S/C9H9N3O/c1-4-10-5-2-8(1)11-7-9-3-6-12-13-9/h1-6H,7H2,(H,10,11). The lowest BCUT2D eigenvalue weighted by atomic mass is 10.4. The molecule has 0 aliphatic heterocycles. The first kappa shape index (κ1) is 7.79. The third-order valence-electron chi connectivity index (χ3n) is 1.64. The Balaban J connectivity index is 1.94. The molecule has 0 aliphatic rings. The summed E-state index contributed by atoms with van der Waals surface area (Å²) in [4.78, 5) is 3.91. The minimum absolute atomic E-state index is 0.643. The number of hydrogen-bond donors (Lipinski definition) is 1. The van der Waals surface area contributed by atoms with Gasteiger partial charge in [-0.3, -0.25) is 4.98 Å². The van der Waals surface area contributed by atoms with Crippen molar-refractivity contribution in [3.8, 4) is 0 Å². The van der Waals surface area contributed by atoms with Crippen LogP contribution in [-0.2, 0) is 6.54 Å². The fraction of sp³-hybridized carbons (Fsp3) is 0.111. The smallest absolute Gasteiger partial charge is 0.155 e. The van der Waals surface area contributed by atoms with Gasteiger partial charge in [-0.2, -0.15) is 0 Å². The molecule has 2 aromatic rings. The van der Waals surface area contributed by atoms with Gasteiger partial charge in [0.15, 0.2) is 5.76 Å². The molecular weight excluding hydrogens is 166 g/mol. The van der Waals surface area contributed by atoms with E-state index in [-0.39, 0.29) is 0 Å². The van der Waals surface area contributed by atoms with E-state index >= 15 is 0 Å². The van der Waals surface area contributed by atoms with E-state index in [1.165, 1.54) is 0 Å². The normalized spacial score (nSPS) is 9.85. The zero-order valence-electron chi connectivity index (χ0n) is 6.97. The molecular formula is C9H9N3O. The van der Waals surface area contributed by atoms with E-state index in [4.69, 9.17) is 4.52 Å². The molecule has 0 unspecified atom stereocenters. The summed E-state index contributed by atoms with van der Waals surface area (Å²) in [7, 11) is 0. The van der Waals surface area contributed by atoms with E-state index in [0.29, 0.717) is 6.54 Å². The molecule has 0 aromatic carbocycles. The van der Waals surface area contributed by atoms with Crippen LogP contribution in [0.3, 0.4) is 0 Å². The van der Waals surface area contributed by atoms with Crippen molar-refractivity contribution in [3.63, 3.8) is 0 Å². The molecule has 0 saturated carbocycles. The van der Waals surface area contributed by atoms with Gasteiger partial charge in [-0.05, 0) is 12.1 Å². The van der Waals surface area contributed by atoms with Gasteiger partial charge in [-0.15, -0.1) is 0 Å². The van der Waals surface area contributed by atoms with Crippen molar-refractivity contribution >= 4 is 5.69 Å². The Bertz CT molecular complexity index is 344. The highest BCUT2D eigenvalue weighted by atomic mass is 16.5. The summed E-state index contributed by atoms with van der Waals surface area (Å²) in [5.41, 5.74) is 1.02. The van der Waals surface area contributed by atoms with Crippen molar-refractivity contribution < 1.29 is 4.52 Å². The van der Waals surface area contributed by atoms with Gasteiger partial charge in [0.25, 0.3) is 0 Å². The Labute approximate surface area is 75.6 Å². The van der Waals surface area contributed by atoms with E-state index in [1.807, 2.05) is 18.2 Å². The van der Waals surface area contributed by atoms with Gasteiger partial charge in [0.05, 0.1) is 12.7 Å². The number of aromatic nitrogens is 2. The lowest BCUT2D eigenvalue weighted by Crippen LogP contribution is -1.97. The minimum atomic E-state index is 0.643. The SMILES string of the molecule is c1cc(NCc2ccno2)ccn1. The second-order valence-electron chi connectivity index (χ2n) is 2.57. The summed E-state index contributed by atoms with van der Waals surface area (Å²) in [5.74, 6) is 0.816. The van der Waals surface area contributed by atoms with Crippen LogP contribution in [0.5, 0.6) is 0 Å². The highest BCUT2D eigenvalue weighted by molar-refractivity contribution is 5.40. The fourth-order valence-corrected chi connectivity index (χ4v) is 0.992. The minimum Gasteiger partial charge on any atom is -0.378 e. The molecule has 66 valence electrons. The lowest BCUT2D eigenvalue weighted by molar-refractivity contribution is 0.388. The molecule has 0 amide bonds. The lowest BCUT2D eigenvalue weighted by Gasteiger charge is -2.01. The predicted molar refractivity (Wildman–Crippen MR) is 48.1 cm³/mol. The molecule has 0 spiro atoms. The molecule has 2 rings (SSSR count). The Morgan fingerprint density at radius 2 is 2.00 bits per heavy atom. The van der Waals surface area contributed by atoms with E-state index in [2.05, 4.69) is 15.5 Å². The quantitative estimate of drug-likeness (QED) is 0.771. The van der Waals surface area contributed by atoms with E-state index in [1.54, 1.807) is 18.6 Å². The molecule has 1 N–H and O–H groups in total. The highest BCUT2D eigenvalue weighted by Crippen LogP contribution is 2.06. The largest absolute Gasteiger partial charge is 0.378 e. The van der Waals surface area contributed by atoms with Gasteiger partial charge in [0.2, 0.25) is 0 Å². The topological polar surface area (TPSA) is 51.0 Å². The third kappa shape index (κ3) is 2.05. The number of rotatable bonds is 3. The van der Waals surface area contributed by atoms with Crippen LogP contribution in [0.15, 0.2) is 41.3 Å². The van der Waals surface area contributed by atoms with Crippen molar-refractivity contribution in [1.82, 2.24) is 10.1 Å². The summed E-state index contributed by atoms with van der Waals surface area (Å²) in [5, 5.41) is 6.78. The van der Waals surface area contributed by atoms with Crippen LogP contribution in [0.25, 0.3) is 0 Å². The molecule has 4 heteroatoms. The van der Waals surface area contributed by atoms with Crippen molar-refractivity contribution in [2.45, 2.75) is 6.54 Å². The van der Waals surface area contributed by atoms with Gasteiger partial charge in [0, 0.05) is 24.1 Å². The van der Waals surface area contributed by atoms with Crippen LogP contribution in [0.1, 0.15) is 5.76 Å².